The Labute approximate surface area is 182 Å². The van der Waals surface area contributed by atoms with Crippen LogP contribution in [0.1, 0.15) is 40.5 Å². The van der Waals surface area contributed by atoms with Gasteiger partial charge >= 0.3 is 15.2 Å². The number of hydrogen-bond acceptors (Lipinski definition) is 8. The molecule has 0 saturated carbocycles. The maximum absolute atomic E-state index is 12.8. The van der Waals surface area contributed by atoms with Crippen LogP contribution in [0, 0.1) is 5.92 Å². The molecule has 0 radical (unpaired) electrons. The first-order valence-electron chi connectivity index (χ1n) is 10.8. The van der Waals surface area contributed by atoms with Crippen LogP contribution in [0.5, 0.6) is 0 Å². The third kappa shape index (κ3) is 8.68. The molecule has 1 saturated heterocycles. The van der Waals surface area contributed by atoms with Crippen LogP contribution in [0.25, 0.3) is 0 Å². The first-order valence-corrected chi connectivity index (χ1v) is 13.9. The van der Waals surface area contributed by atoms with Gasteiger partial charge in [-0.2, -0.15) is 0 Å². The normalized spacial score (nSPS) is 16.7. The summed E-state index contributed by atoms with van der Waals surface area (Å²) >= 11 is 0. The smallest absolute Gasteiger partial charge is 0.312 e. The Morgan fingerprint density at radius 3 is 1.73 bits per heavy atom. The van der Waals surface area contributed by atoms with Gasteiger partial charge in [0, 0.05) is 23.7 Å². The second kappa shape index (κ2) is 14.0. The maximum Gasteiger partial charge on any atom is 0.358 e. The minimum Gasteiger partial charge on any atom is -0.312 e. The highest BCUT2D eigenvalue weighted by atomic mass is 31.2. The molecule has 0 aromatic heterocycles. The second-order valence-electron chi connectivity index (χ2n) is 7.15. The molecule has 0 spiro atoms. The third-order valence-corrected chi connectivity index (χ3v) is 9.09. The molecule has 1 N–H and O–H groups in total. The molecular formula is C20H40N2O6P2. The molecule has 0 atom stereocenters. The fourth-order valence-electron chi connectivity index (χ4n) is 3.33. The van der Waals surface area contributed by atoms with E-state index in [1.54, 1.807) is 27.7 Å². The maximum atomic E-state index is 12.8. The van der Waals surface area contributed by atoms with Crippen LogP contribution >= 0.6 is 15.2 Å². The predicted octanol–water partition coefficient (Wildman–Crippen LogP) is 4.85. The molecule has 30 heavy (non-hydrogen) atoms. The predicted molar refractivity (Wildman–Crippen MR) is 122 cm³/mol. The van der Waals surface area contributed by atoms with E-state index in [4.69, 9.17) is 18.1 Å². The van der Waals surface area contributed by atoms with Gasteiger partial charge in [-0.15, -0.1) is 0 Å². The molecular weight excluding hydrogens is 426 g/mol. The first-order chi connectivity index (χ1) is 14.2. The van der Waals surface area contributed by atoms with E-state index in [1.807, 2.05) is 0 Å². The molecule has 176 valence electrons. The van der Waals surface area contributed by atoms with Crippen molar-refractivity contribution in [3.63, 3.8) is 0 Å². The number of nitrogens with one attached hydrogen (secondary N) is 1. The van der Waals surface area contributed by atoms with Crippen molar-refractivity contribution >= 4 is 15.2 Å². The average Bonchev–Trinajstić information content (AvgIpc) is 2.70. The summed E-state index contributed by atoms with van der Waals surface area (Å²) in [6.07, 6.45) is 2.02. The summed E-state index contributed by atoms with van der Waals surface area (Å²) < 4.78 is 46.9. The Hall–Kier alpha value is -0.300. The van der Waals surface area contributed by atoms with Crippen molar-refractivity contribution in [3.8, 4) is 0 Å². The van der Waals surface area contributed by atoms with Gasteiger partial charge in [-0.1, -0.05) is 13.2 Å². The lowest BCUT2D eigenvalue weighted by Gasteiger charge is -2.33. The zero-order chi connectivity index (χ0) is 22.6. The molecule has 10 heteroatoms. The summed E-state index contributed by atoms with van der Waals surface area (Å²) in [5.41, 5.74) is 0. The number of nitrogens with zero attached hydrogens (tertiary/aromatic N) is 1. The van der Waals surface area contributed by atoms with E-state index in [0.29, 0.717) is 56.1 Å². The van der Waals surface area contributed by atoms with Gasteiger partial charge in [0.15, 0.2) is 0 Å². The third-order valence-electron chi connectivity index (χ3n) is 4.85. The number of piperidine rings is 1. The van der Waals surface area contributed by atoms with Crippen molar-refractivity contribution in [3.05, 3.63) is 23.8 Å². The highest BCUT2D eigenvalue weighted by Gasteiger charge is 2.31. The zero-order valence-corrected chi connectivity index (χ0v) is 20.8. The van der Waals surface area contributed by atoms with Crippen molar-refractivity contribution in [1.82, 2.24) is 10.2 Å². The summed E-state index contributed by atoms with van der Waals surface area (Å²) in [5.74, 6) is 0.506. The van der Waals surface area contributed by atoms with E-state index in [-0.39, 0.29) is 0 Å². The minimum absolute atomic E-state index is 0.319. The summed E-state index contributed by atoms with van der Waals surface area (Å²) in [5, 5.41) is 4.31. The Balaban J connectivity index is 2.41. The van der Waals surface area contributed by atoms with Crippen molar-refractivity contribution in [1.29, 1.82) is 0 Å². The van der Waals surface area contributed by atoms with E-state index in [2.05, 4.69) is 23.4 Å². The number of hydrogen-bond donors (Lipinski definition) is 1. The fourth-order valence-corrected chi connectivity index (χ4v) is 6.25. The average molecular weight is 466 g/mol. The van der Waals surface area contributed by atoms with Gasteiger partial charge in [-0.3, -0.25) is 14.0 Å². The highest BCUT2D eigenvalue weighted by Crippen LogP contribution is 2.56. The molecule has 1 aliphatic heterocycles. The van der Waals surface area contributed by atoms with Crippen molar-refractivity contribution in [2.75, 3.05) is 59.2 Å². The van der Waals surface area contributed by atoms with Gasteiger partial charge in [-0.25, -0.2) is 0 Å². The van der Waals surface area contributed by atoms with Crippen LogP contribution < -0.4 is 5.32 Å². The minimum atomic E-state index is -3.26. The van der Waals surface area contributed by atoms with Crippen molar-refractivity contribution < 1.29 is 27.2 Å². The van der Waals surface area contributed by atoms with Gasteiger partial charge < -0.3 is 23.4 Å². The lowest BCUT2D eigenvalue weighted by Crippen LogP contribution is -2.38. The molecule has 1 aliphatic rings. The van der Waals surface area contributed by atoms with E-state index >= 15 is 0 Å². The SMILES string of the molecule is C=C(CNCC1CCN(CC(=C)P(=O)(OCC)OCC)CC1)P(=O)(OCC)OCC. The number of rotatable bonds is 16. The highest BCUT2D eigenvalue weighted by molar-refractivity contribution is 7.58. The largest absolute Gasteiger partial charge is 0.358 e. The van der Waals surface area contributed by atoms with Gasteiger partial charge in [-0.05, 0) is 66.1 Å². The molecule has 0 aliphatic carbocycles. The van der Waals surface area contributed by atoms with Gasteiger partial charge in [0.1, 0.15) is 0 Å². The van der Waals surface area contributed by atoms with E-state index in [0.717, 1.165) is 32.5 Å². The Morgan fingerprint density at radius 2 is 1.30 bits per heavy atom. The van der Waals surface area contributed by atoms with Gasteiger partial charge in [0.2, 0.25) is 0 Å². The monoisotopic (exact) mass is 466 g/mol. The molecule has 0 amide bonds. The van der Waals surface area contributed by atoms with Crippen LogP contribution in [0.15, 0.2) is 23.8 Å². The van der Waals surface area contributed by atoms with Gasteiger partial charge in [0.05, 0.1) is 26.4 Å². The molecule has 0 aromatic rings. The van der Waals surface area contributed by atoms with E-state index in [9.17, 15) is 9.13 Å². The Bertz CT molecular complexity index is 615. The number of likely N-dealkylation sites (tertiary alicyclic amines) is 1. The van der Waals surface area contributed by atoms with Gasteiger partial charge in [0.25, 0.3) is 0 Å². The lowest BCUT2D eigenvalue weighted by atomic mass is 9.97. The van der Waals surface area contributed by atoms with E-state index < -0.39 is 15.2 Å². The molecule has 0 bridgehead atoms. The van der Waals surface area contributed by atoms with Crippen LogP contribution in [-0.4, -0.2) is 64.1 Å². The summed E-state index contributed by atoms with van der Waals surface area (Å²) in [6.45, 7) is 19.8. The van der Waals surface area contributed by atoms with E-state index in [1.165, 1.54) is 0 Å². The molecule has 0 aromatic carbocycles. The topological polar surface area (TPSA) is 86.3 Å². The Kier molecular flexibility index (Phi) is 12.9. The van der Waals surface area contributed by atoms with Crippen LogP contribution in [0.4, 0.5) is 0 Å². The standard InChI is InChI=1S/C20H40N2O6P2/c1-7-25-29(23,26-8-2)18(5)15-21-16-20-11-13-22(14-12-20)17-19(6)30(24,27-9-3)28-10-4/h20-21H,5-17H2,1-4H3. The van der Waals surface area contributed by atoms with Crippen molar-refractivity contribution in [2.45, 2.75) is 40.5 Å². The fraction of sp³-hybridized carbons (Fsp3) is 0.800. The van der Waals surface area contributed by atoms with Crippen molar-refractivity contribution in [2.24, 2.45) is 5.92 Å². The summed E-state index contributed by atoms with van der Waals surface area (Å²) in [6, 6.07) is 0. The molecule has 1 fully saturated rings. The zero-order valence-electron chi connectivity index (χ0n) is 19.1. The second-order valence-corrected chi connectivity index (χ2v) is 11.4. The molecule has 0 unspecified atom stereocenters. The lowest BCUT2D eigenvalue weighted by molar-refractivity contribution is 0.189. The quantitative estimate of drug-likeness (QED) is 0.323. The van der Waals surface area contributed by atoms with Crippen LogP contribution in [0.2, 0.25) is 0 Å². The molecule has 1 rings (SSSR count). The molecule has 1 heterocycles. The van der Waals surface area contributed by atoms with Crippen LogP contribution in [0.3, 0.4) is 0 Å². The summed E-state index contributed by atoms with van der Waals surface area (Å²) in [7, 11) is -6.52. The first kappa shape index (κ1) is 27.7. The summed E-state index contributed by atoms with van der Waals surface area (Å²) in [4.78, 5) is 2.24. The van der Waals surface area contributed by atoms with Crippen LogP contribution in [-0.2, 0) is 27.2 Å². The molecule has 8 nitrogen and oxygen atoms in total. The Morgan fingerprint density at radius 1 is 0.867 bits per heavy atom.